The lowest BCUT2D eigenvalue weighted by Gasteiger charge is -2.15. The molecular formula is C18H20F2N6O. The van der Waals surface area contributed by atoms with Crippen molar-refractivity contribution in [3.8, 4) is 0 Å². The first kappa shape index (κ1) is 17.6. The third-order valence-electron chi connectivity index (χ3n) is 4.78. The molecule has 0 aliphatic heterocycles. The molecule has 0 atom stereocenters. The Morgan fingerprint density at radius 1 is 1.33 bits per heavy atom. The summed E-state index contributed by atoms with van der Waals surface area (Å²) in [4.78, 5) is 18.7. The van der Waals surface area contributed by atoms with Gasteiger partial charge in [0, 0.05) is 50.1 Å². The number of rotatable bonds is 5. The number of carbonyl (C=O) groups excluding carboxylic acids is 1. The van der Waals surface area contributed by atoms with Crippen LogP contribution in [-0.2, 0) is 13.6 Å². The predicted molar refractivity (Wildman–Crippen MR) is 93.7 cm³/mol. The molecule has 1 amide bonds. The maximum absolute atomic E-state index is 13.5. The van der Waals surface area contributed by atoms with E-state index in [4.69, 9.17) is 0 Å². The molecule has 0 radical (unpaired) electrons. The number of amides is 1. The Morgan fingerprint density at radius 2 is 2.07 bits per heavy atom. The number of hydrogen-bond acceptors (Lipinski definition) is 4. The van der Waals surface area contributed by atoms with Gasteiger partial charge in [0.1, 0.15) is 5.69 Å². The summed E-state index contributed by atoms with van der Waals surface area (Å²) in [5, 5.41) is 8.37. The second kappa shape index (κ2) is 6.40. The molecule has 3 aromatic rings. The Labute approximate surface area is 154 Å². The predicted octanol–water partition coefficient (Wildman–Crippen LogP) is 2.86. The zero-order chi connectivity index (χ0) is 19.3. The van der Waals surface area contributed by atoms with E-state index < -0.39 is 6.43 Å². The molecule has 142 valence electrons. The van der Waals surface area contributed by atoms with Gasteiger partial charge in [-0.1, -0.05) is 0 Å². The van der Waals surface area contributed by atoms with Gasteiger partial charge in [0.25, 0.3) is 12.3 Å². The molecule has 1 fully saturated rings. The van der Waals surface area contributed by atoms with Crippen molar-refractivity contribution in [2.75, 3.05) is 7.05 Å². The Bertz CT molecular complexity index is 1020. The van der Waals surface area contributed by atoms with Gasteiger partial charge in [-0.05, 0) is 25.8 Å². The van der Waals surface area contributed by atoms with Crippen LogP contribution in [0.25, 0.3) is 5.65 Å². The maximum atomic E-state index is 13.5. The van der Waals surface area contributed by atoms with Crippen LogP contribution in [-0.4, -0.2) is 42.2 Å². The van der Waals surface area contributed by atoms with Crippen molar-refractivity contribution in [3.63, 3.8) is 0 Å². The minimum atomic E-state index is -2.69. The summed E-state index contributed by atoms with van der Waals surface area (Å²) in [6.45, 7) is 2.23. The monoisotopic (exact) mass is 374 g/mol. The van der Waals surface area contributed by atoms with Gasteiger partial charge < -0.3 is 4.90 Å². The average Bonchev–Trinajstić information content (AvgIpc) is 3.30. The smallest absolute Gasteiger partial charge is 0.280 e. The molecule has 1 aliphatic rings. The van der Waals surface area contributed by atoms with Crippen molar-refractivity contribution in [1.29, 1.82) is 0 Å². The number of fused-ring (bicyclic) bond motifs is 1. The van der Waals surface area contributed by atoms with Crippen LogP contribution in [0.1, 0.15) is 58.3 Å². The highest BCUT2D eigenvalue weighted by Gasteiger charge is 2.28. The first-order valence-electron chi connectivity index (χ1n) is 8.77. The largest absolute Gasteiger partial charge is 0.336 e. The molecule has 1 aliphatic carbocycles. The minimum absolute atomic E-state index is 0.0985. The molecule has 4 rings (SSSR count). The number of aromatic nitrogens is 5. The molecule has 7 nitrogen and oxygen atoms in total. The van der Waals surface area contributed by atoms with E-state index >= 15 is 0 Å². The second-order valence-electron chi connectivity index (χ2n) is 7.06. The third-order valence-corrected chi connectivity index (χ3v) is 4.78. The number of aryl methyl sites for hydroxylation is 2. The number of carbonyl (C=O) groups is 1. The Kier molecular flexibility index (Phi) is 4.16. The molecule has 3 aromatic heterocycles. The van der Waals surface area contributed by atoms with Gasteiger partial charge in [0.2, 0.25) is 0 Å². The van der Waals surface area contributed by atoms with Gasteiger partial charge in [-0.15, -0.1) is 0 Å². The van der Waals surface area contributed by atoms with Crippen LogP contribution < -0.4 is 0 Å². The van der Waals surface area contributed by atoms with Gasteiger partial charge in [0.05, 0.1) is 5.69 Å². The molecule has 0 bridgehead atoms. The molecule has 0 aromatic carbocycles. The van der Waals surface area contributed by atoms with Gasteiger partial charge in [-0.2, -0.15) is 10.2 Å². The van der Waals surface area contributed by atoms with E-state index in [1.807, 2.05) is 20.2 Å². The number of alkyl halides is 2. The van der Waals surface area contributed by atoms with Gasteiger partial charge in [-0.3, -0.25) is 9.48 Å². The van der Waals surface area contributed by atoms with E-state index in [2.05, 4.69) is 15.2 Å². The molecule has 0 spiro atoms. The zero-order valence-corrected chi connectivity index (χ0v) is 15.4. The van der Waals surface area contributed by atoms with Gasteiger partial charge in [-0.25, -0.2) is 18.3 Å². The van der Waals surface area contributed by atoms with Crippen LogP contribution in [0.2, 0.25) is 0 Å². The molecule has 9 heteroatoms. The fraction of sp³-hybridized carbons (Fsp3) is 0.444. The van der Waals surface area contributed by atoms with E-state index in [9.17, 15) is 13.6 Å². The van der Waals surface area contributed by atoms with E-state index in [-0.39, 0.29) is 28.9 Å². The minimum Gasteiger partial charge on any atom is -0.336 e. The Morgan fingerprint density at radius 3 is 2.67 bits per heavy atom. The highest BCUT2D eigenvalue weighted by atomic mass is 19.3. The lowest BCUT2D eigenvalue weighted by molar-refractivity contribution is 0.0778. The topological polar surface area (TPSA) is 68.3 Å². The van der Waals surface area contributed by atoms with Crippen LogP contribution in [0, 0.1) is 6.92 Å². The molecule has 0 unspecified atom stereocenters. The zero-order valence-electron chi connectivity index (χ0n) is 15.4. The number of halogens is 2. The molecule has 27 heavy (non-hydrogen) atoms. The molecular weight excluding hydrogens is 354 g/mol. The van der Waals surface area contributed by atoms with Crippen molar-refractivity contribution in [2.24, 2.45) is 7.05 Å². The normalized spacial score (nSPS) is 14.3. The molecule has 3 heterocycles. The van der Waals surface area contributed by atoms with Crippen molar-refractivity contribution >= 4 is 11.6 Å². The van der Waals surface area contributed by atoms with Crippen LogP contribution in [0.4, 0.5) is 8.78 Å². The second-order valence-corrected chi connectivity index (χ2v) is 7.06. The molecule has 1 saturated carbocycles. The summed E-state index contributed by atoms with van der Waals surface area (Å²) < 4.78 is 29.7. The molecule has 0 saturated heterocycles. The quantitative estimate of drug-likeness (QED) is 0.689. The summed E-state index contributed by atoms with van der Waals surface area (Å²) in [5.41, 5.74) is 2.55. The van der Waals surface area contributed by atoms with E-state index in [0.717, 1.165) is 28.6 Å². The summed E-state index contributed by atoms with van der Waals surface area (Å²) in [5.74, 6) is -0.116. The van der Waals surface area contributed by atoms with Crippen LogP contribution in [0.3, 0.4) is 0 Å². The van der Waals surface area contributed by atoms with Crippen LogP contribution in [0.15, 0.2) is 18.3 Å². The summed E-state index contributed by atoms with van der Waals surface area (Å²) >= 11 is 0. The van der Waals surface area contributed by atoms with E-state index in [1.54, 1.807) is 11.7 Å². The highest BCUT2D eigenvalue weighted by Crippen LogP contribution is 2.40. The van der Waals surface area contributed by atoms with Crippen LogP contribution in [0.5, 0.6) is 0 Å². The van der Waals surface area contributed by atoms with Crippen molar-refractivity contribution in [1.82, 2.24) is 29.3 Å². The SMILES string of the molecule is Cc1nn(C)cc1CN(C)C(=O)c1cc2nc(C3CC3)cc(C(F)F)n2n1. The summed E-state index contributed by atoms with van der Waals surface area (Å²) in [7, 11) is 3.46. The number of hydrogen-bond donors (Lipinski definition) is 0. The first-order valence-corrected chi connectivity index (χ1v) is 8.77. The van der Waals surface area contributed by atoms with E-state index in [1.165, 1.54) is 17.0 Å². The Balaban J connectivity index is 1.65. The van der Waals surface area contributed by atoms with Crippen LogP contribution >= 0.6 is 0 Å². The maximum Gasteiger partial charge on any atom is 0.280 e. The number of nitrogens with zero attached hydrogens (tertiary/aromatic N) is 6. The third kappa shape index (κ3) is 3.29. The Hall–Kier alpha value is -2.84. The van der Waals surface area contributed by atoms with Crippen molar-refractivity contribution in [3.05, 3.63) is 46.7 Å². The lowest BCUT2D eigenvalue weighted by atomic mass is 10.2. The van der Waals surface area contributed by atoms with Crippen molar-refractivity contribution in [2.45, 2.75) is 38.7 Å². The average molecular weight is 374 g/mol. The van der Waals surface area contributed by atoms with Gasteiger partial charge in [0.15, 0.2) is 11.3 Å². The fourth-order valence-electron chi connectivity index (χ4n) is 3.19. The highest BCUT2D eigenvalue weighted by molar-refractivity contribution is 5.93. The fourth-order valence-corrected chi connectivity index (χ4v) is 3.19. The first-order chi connectivity index (χ1) is 12.8. The molecule has 0 N–H and O–H groups in total. The van der Waals surface area contributed by atoms with E-state index in [0.29, 0.717) is 12.2 Å². The van der Waals surface area contributed by atoms with Crippen molar-refractivity contribution < 1.29 is 13.6 Å². The summed E-state index contributed by atoms with van der Waals surface area (Å²) in [6, 6.07) is 2.88. The standard InChI is InChI=1S/C18H20F2N6O/c1-10-12(9-25(3)22-10)8-24(2)18(27)14-7-16-21-13(11-4-5-11)6-15(17(19)20)26(16)23-14/h6-7,9,11,17H,4-5,8H2,1-3H3. The summed E-state index contributed by atoms with van der Waals surface area (Å²) in [6.07, 6.45) is 1.07. The van der Waals surface area contributed by atoms with Gasteiger partial charge >= 0.3 is 0 Å². The lowest BCUT2D eigenvalue weighted by Crippen LogP contribution is -2.26.